The Balaban J connectivity index is 1.21. The van der Waals surface area contributed by atoms with E-state index < -0.39 is 5.79 Å². The molecule has 5 rings (SSSR count). The van der Waals surface area contributed by atoms with Crippen LogP contribution in [0.5, 0.6) is 0 Å². The van der Waals surface area contributed by atoms with Gasteiger partial charge in [-0.25, -0.2) is 0 Å². The van der Waals surface area contributed by atoms with Crippen LogP contribution in [-0.2, 0) is 19.0 Å². The SMILES string of the molecule is CC1C=C2CCCC(C(=O)OCC3COC4(O3)C(C)CC3CCCC4C3)(C2)C1. The molecule has 7 atom stereocenters. The first-order valence-electron chi connectivity index (χ1n) is 11.7. The zero-order chi connectivity index (χ0) is 19.4. The monoisotopic (exact) mass is 388 g/mol. The molecule has 4 heteroatoms. The maximum Gasteiger partial charge on any atom is 0.312 e. The lowest BCUT2D eigenvalue weighted by Gasteiger charge is -2.49. The third kappa shape index (κ3) is 3.15. The van der Waals surface area contributed by atoms with Crippen molar-refractivity contribution in [2.75, 3.05) is 13.2 Å². The van der Waals surface area contributed by atoms with E-state index in [-0.39, 0.29) is 17.5 Å². The highest BCUT2D eigenvalue weighted by Gasteiger charge is 2.56. The minimum atomic E-state index is -0.424. The lowest BCUT2D eigenvalue weighted by Crippen LogP contribution is -2.52. The molecular formula is C24H36O4. The van der Waals surface area contributed by atoms with Crippen molar-refractivity contribution >= 4 is 5.97 Å². The zero-order valence-electron chi connectivity index (χ0n) is 17.6. The molecule has 28 heavy (non-hydrogen) atoms. The standard InChI is InChI=1S/C24H36O4/c1-16-9-19-6-4-8-23(12-16,13-19)22(25)26-14-21-15-27-24(28-21)17(2)10-18-5-3-7-20(24)11-18/h9,16-18,20-21H,3-8,10-15H2,1-2H3. The van der Waals surface area contributed by atoms with Gasteiger partial charge in [-0.15, -0.1) is 0 Å². The van der Waals surface area contributed by atoms with Crippen LogP contribution in [0.2, 0.25) is 0 Å². The summed E-state index contributed by atoms with van der Waals surface area (Å²) in [5.74, 6) is 1.86. The van der Waals surface area contributed by atoms with Gasteiger partial charge in [0.25, 0.3) is 0 Å². The van der Waals surface area contributed by atoms with Crippen LogP contribution in [0.1, 0.15) is 78.1 Å². The summed E-state index contributed by atoms with van der Waals surface area (Å²) in [6.07, 6.45) is 13.7. The second kappa shape index (κ2) is 7.12. The Kier molecular flexibility index (Phi) is 4.86. The quantitative estimate of drug-likeness (QED) is 0.503. The molecule has 1 aliphatic heterocycles. The van der Waals surface area contributed by atoms with Crippen LogP contribution in [0.4, 0.5) is 0 Å². The molecule has 3 saturated carbocycles. The van der Waals surface area contributed by atoms with Gasteiger partial charge < -0.3 is 14.2 Å². The van der Waals surface area contributed by atoms with Crippen molar-refractivity contribution in [3.8, 4) is 0 Å². The number of ether oxygens (including phenoxy) is 3. The molecule has 4 aliphatic carbocycles. The molecule has 1 saturated heterocycles. The average molecular weight is 389 g/mol. The predicted molar refractivity (Wildman–Crippen MR) is 107 cm³/mol. The lowest BCUT2D eigenvalue weighted by atomic mass is 9.64. The summed E-state index contributed by atoms with van der Waals surface area (Å²) in [5, 5.41) is 0. The van der Waals surface area contributed by atoms with Crippen molar-refractivity contribution in [3.63, 3.8) is 0 Å². The Morgan fingerprint density at radius 2 is 2.14 bits per heavy atom. The maximum atomic E-state index is 13.1. The van der Waals surface area contributed by atoms with E-state index >= 15 is 0 Å². The van der Waals surface area contributed by atoms with E-state index in [1.807, 2.05) is 0 Å². The molecule has 4 nitrogen and oxygen atoms in total. The summed E-state index contributed by atoms with van der Waals surface area (Å²) in [7, 11) is 0. The minimum Gasteiger partial charge on any atom is -0.462 e. The smallest absolute Gasteiger partial charge is 0.312 e. The van der Waals surface area contributed by atoms with Crippen LogP contribution in [0.25, 0.3) is 0 Å². The van der Waals surface area contributed by atoms with Gasteiger partial charge in [0.2, 0.25) is 0 Å². The van der Waals surface area contributed by atoms with Crippen molar-refractivity contribution in [2.24, 2.45) is 29.1 Å². The number of carbonyl (C=O) groups excluding carboxylic acids is 1. The first-order chi connectivity index (χ1) is 13.5. The van der Waals surface area contributed by atoms with Crippen molar-refractivity contribution in [2.45, 2.75) is 89.9 Å². The molecule has 5 aliphatic rings. The van der Waals surface area contributed by atoms with E-state index in [1.165, 1.54) is 37.7 Å². The van der Waals surface area contributed by atoms with Gasteiger partial charge in [0, 0.05) is 11.8 Å². The van der Waals surface area contributed by atoms with Crippen LogP contribution in [0.3, 0.4) is 0 Å². The van der Waals surface area contributed by atoms with E-state index in [0.29, 0.717) is 31.0 Å². The van der Waals surface area contributed by atoms with Crippen LogP contribution < -0.4 is 0 Å². The first-order valence-corrected chi connectivity index (χ1v) is 11.7. The molecule has 1 heterocycles. The van der Waals surface area contributed by atoms with Gasteiger partial charge in [0.1, 0.15) is 12.7 Å². The highest BCUT2D eigenvalue weighted by Crippen LogP contribution is 2.53. The van der Waals surface area contributed by atoms with E-state index in [2.05, 4.69) is 19.9 Å². The summed E-state index contributed by atoms with van der Waals surface area (Å²) in [6, 6.07) is 0. The molecule has 0 radical (unpaired) electrons. The van der Waals surface area contributed by atoms with E-state index in [9.17, 15) is 4.79 Å². The van der Waals surface area contributed by atoms with E-state index in [4.69, 9.17) is 14.2 Å². The van der Waals surface area contributed by atoms with Gasteiger partial charge in [0.05, 0.1) is 12.0 Å². The summed E-state index contributed by atoms with van der Waals surface area (Å²) >= 11 is 0. The molecule has 7 unspecified atom stereocenters. The summed E-state index contributed by atoms with van der Waals surface area (Å²) < 4.78 is 18.8. The molecule has 156 valence electrons. The predicted octanol–water partition coefficient (Wildman–Crippen LogP) is 5.01. The number of rotatable bonds is 3. The molecule has 0 aromatic carbocycles. The molecule has 0 aromatic heterocycles. The van der Waals surface area contributed by atoms with Gasteiger partial charge in [-0.3, -0.25) is 4.79 Å². The van der Waals surface area contributed by atoms with Crippen molar-refractivity contribution in [1.82, 2.24) is 0 Å². The normalized spacial score (nSPS) is 47.6. The number of hydrogen-bond donors (Lipinski definition) is 0. The van der Waals surface area contributed by atoms with Gasteiger partial charge in [-0.05, 0) is 63.2 Å². The van der Waals surface area contributed by atoms with E-state index in [0.717, 1.165) is 38.0 Å². The fraction of sp³-hybridized carbons (Fsp3) is 0.875. The first kappa shape index (κ1) is 19.1. The number of hydrogen-bond acceptors (Lipinski definition) is 4. The van der Waals surface area contributed by atoms with Gasteiger partial charge >= 0.3 is 5.97 Å². The van der Waals surface area contributed by atoms with Gasteiger partial charge in [0.15, 0.2) is 5.79 Å². The zero-order valence-corrected chi connectivity index (χ0v) is 17.6. The fourth-order valence-electron chi connectivity index (χ4n) is 7.28. The Bertz CT molecular complexity index is 655. The highest BCUT2D eigenvalue weighted by molar-refractivity contribution is 5.78. The molecule has 4 bridgehead atoms. The van der Waals surface area contributed by atoms with Crippen molar-refractivity contribution in [1.29, 1.82) is 0 Å². The van der Waals surface area contributed by atoms with Crippen LogP contribution in [0, 0.1) is 29.1 Å². The largest absolute Gasteiger partial charge is 0.462 e. The molecule has 1 spiro atoms. The lowest BCUT2D eigenvalue weighted by molar-refractivity contribution is -0.265. The van der Waals surface area contributed by atoms with E-state index in [1.54, 1.807) is 0 Å². The Hall–Kier alpha value is -0.870. The molecule has 4 fully saturated rings. The molecule has 0 N–H and O–H groups in total. The maximum absolute atomic E-state index is 13.1. The van der Waals surface area contributed by atoms with Crippen molar-refractivity contribution < 1.29 is 19.0 Å². The number of carbonyl (C=O) groups is 1. The van der Waals surface area contributed by atoms with Crippen LogP contribution >= 0.6 is 0 Å². The Labute approximate surface area is 169 Å². The average Bonchev–Trinajstić information content (AvgIpc) is 3.10. The van der Waals surface area contributed by atoms with Crippen LogP contribution in [0.15, 0.2) is 11.6 Å². The fourth-order valence-corrected chi connectivity index (χ4v) is 7.28. The second-order valence-electron chi connectivity index (χ2n) is 10.6. The highest BCUT2D eigenvalue weighted by atomic mass is 16.8. The Morgan fingerprint density at radius 1 is 1.25 bits per heavy atom. The van der Waals surface area contributed by atoms with Crippen LogP contribution in [-0.4, -0.2) is 31.1 Å². The van der Waals surface area contributed by atoms with Gasteiger partial charge in [-0.1, -0.05) is 38.3 Å². The molecule has 0 amide bonds. The number of fused-ring (bicyclic) bond motifs is 5. The minimum absolute atomic E-state index is 0.00335. The van der Waals surface area contributed by atoms with Crippen molar-refractivity contribution in [3.05, 3.63) is 11.6 Å². The third-order valence-electron chi connectivity index (χ3n) is 8.36. The number of allylic oxidation sites excluding steroid dienone is 2. The number of esters is 1. The molecule has 0 aromatic rings. The summed E-state index contributed by atoms with van der Waals surface area (Å²) in [5.41, 5.74) is 1.18. The summed E-state index contributed by atoms with van der Waals surface area (Å²) in [4.78, 5) is 13.1. The molecular weight excluding hydrogens is 352 g/mol. The second-order valence-corrected chi connectivity index (χ2v) is 10.6. The Morgan fingerprint density at radius 3 is 3.04 bits per heavy atom. The summed E-state index contributed by atoms with van der Waals surface area (Å²) in [6.45, 7) is 5.43. The van der Waals surface area contributed by atoms with Gasteiger partial charge in [-0.2, -0.15) is 0 Å². The topological polar surface area (TPSA) is 44.8 Å². The third-order valence-corrected chi connectivity index (χ3v) is 8.36.